The van der Waals surface area contributed by atoms with Crippen LogP contribution in [-0.4, -0.2) is 10.9 Å². The molecule has 0 unspecified atom stereocenters. The zero-order valence-corrected chi connectivity index (χ0v) is 6.16. The Kier molecular flexibility index (Phi) is 2.60. The van der Waals surface area contributed by atoms with E-state index in [2.05, 4.69) is 4.98 Å². The molecule has 2 N–H and O–H groups in total. The summed E-state index contributed by atoms with van der Waals surface area (Å²) in [7, 11) is 0. The summed E-state index contributed by atoms with van der Waals surface area (Å²) < 4.78 is 0. The third-order valence-corrected chi connectivity index (χ3v) is 1.41. The van der Waals surface area contributed by atoms with E-state index >= 15 is 0 Å². The fraction of sp³-hybridized carbons (Fsp3) is 0.250. The minimum absolute atomic E-state index is 0.262. The zero-order valence-electron chi connectivity index (χ0n) is 6.16. The summed E-state index contributed by atoms with van der Waals surface area (Å²) >= 11 is 0. The van der Waals surface area contributed by atoms with E-state index in [0.29, 0.717) is 12.8 Å². The lowest BCUT2D eigenvalue weighted by Crippen LogP contribution is -2.11. The molecule has 1 aromatic rings. The molecule has 0 spiro atoms. The molecule has 0 fully saturated rings. The van der Waals surface area contributed by atoms with Crippen molar-refractivity contribution in [1.82, 2.24) is 4.98 Å². The number of nitrogens with zero attached hydrogens (tertiary/aromatic N) is 1. The number of primary amides is 1. The highest BCUT2D eigenvalue weighted by Crippen LogP contribution is 1.99. The molecule has 0 saturated heterocycles. The molecule has 0 aromatic carbocycles. The number of nitrogens with two attached hydrogens (primary N) is 1. The number of aryl methyl sites for hydroxylation is 1. The number of rotatable bonds is 3. The largest absolute Gasteiger partial charge is 0.370 e. The maximum atomic E-state index is 10.4. The second kappa shape index (κ2) is 3.71. The number of aromatic nitrogens is 1. The molecule has 1 amide bonds. The Labute approximate surface area is 65.2 Å². The second-order valence-corrected chi connectivity index (χ2v) is 2.32. The van der Waals surface area contributed by atoms with Gasteiger partial charge in [-0.1, -0.05) is 0 Å². The van der Waals surface area contributed by atoms with Crippen LogP contribution >= 0.6 is 0 Å². The SMILES string of the molecule is NC(=O)CCc1ccncc1. The smallest absolute Gasteiger partial charge is 0.217 e. The van der Waals surface area contributed by atoms with Gasteiger partial charge >= 0.3 is 0 Å². The van der Waals surface area contributed by atoms with Gasteiger partial charge in [-0.3, -0.25) is 9.78 Å². The van der Waals surface area contributed by atoms with Gasteiger partial charge in [-0.2, -0.15) is 0 Å². The van der Waals surface area contributed by atoms with E-state index in [1.807, 2.05) is 12.1 Å². The lowest BCUT2D eigenvalue weighted by molar-refractivity contribution is -0.117. The third kappa shape index (κ3) is 2.80. The van der Waals surface area contributed by atoms with Crippen LogP contribution in [0.25, 0.3) is 0 Å². The number of carbonyl (C=O) groups excluding carboxylic acids is 1. The van der Waals surface area contributed by atoms with Crippen LogP contribution in [0.1, 0.15) is 12.0 Å². The van der Waals surface area contributed by atoms with Crippen molar-refractivity contribution in [2.75, 3.05) is 0 Å². The van der Waals surface area contributed by atoms with Gasteiger partial charge in [0.25, 0.3) is 0 Å². The van der Waals surface area contributed by atoms with Crippen molar-refractivity contribution in [1.29, 1.82) is 0 Å². The predicted octanol–water partition coefficient (Wildman–Crippen LogP) is 0.499. The van der Waals surface area contributed by atoms with Crippen LogP contribution < -0.4 is 5.73 Å². The molecule has 0 aliphatic carbocycles. The predicted molar refractivity (Wildman–Crippen MR) is 41.8 cm³/mol. The molecule has 1 aromatic heterocycles. The van der Waals surface area contributed by atoms with Crippen molar-refractivity contribution >= 4 is 5.91 Å². The van der Waals surface area contributed by atoms with Crippen molar-refractivity contribution in [3.63, 3.8) is 0 Å². The topological polar surface area (TPSA) is 56.0 Å². The summed E-state index contributed by atoms with van der Waals surface area (Å²) in [5.41, 5.74) is 6.08. The average Bonchev–Trinajstić information content (AvgIpc) is 2.03. The zero-order chi connectivity index (χ0) is 8.10. The molecule has 1 heterocycles. The maximum absolute atomic E-state index is 10.4. The van der Waals surface area contributed by atoms with Crippen LogP contribution in [0, 0.1) is 0 Å². The van der Waals surface area contributed by atoms with Gasteiger partial charge in [0.05, 0.1) is 0 Å². The molecule has 0 bridgehead atoms. The highest BCUT2D eigenvalue weighted by atomic mass is 16.1. The maximum Gasteiger partial charge on any atom is 0.217 e. The van der Waals surface area contributed by atoms with Crippen LogP contribution in [0.2, 0.25) is 0 Å². The van der Waals surface area contributed by atoms with Crippen molar-refractivity contribution < 1.29 is 4.79 Å². The molecule has 3 heteroatoms. The summed E-state index contributed by atoms with van der Waals surface area (Å²) in [6.45, 7) is 0. The van der Waals surface area contributed by atoms with Crippen LogP contribution in [-0.2, 0) is 11.2 Å². The van der Waals surface area contributed by atoms with Crippen LogP contribution in [0.3, 0.4) is 0 Å². The Hall–Kier alpha value is -1.38. The Bertz CT molecular complexity index is 233. The Balaban J connectivity index is 2.45. The van der Waals surface area contributed by atoms with E-state index < -0.39 is 0 Å². The first-order chi connectivity index (χ1) is 5.29. The molecule has 58 valence electrons. The van der Waals surface area contributed by atoms with Crippen molar-refractivity contribution in [3.8, 4) is 0 Å². The van der Waals surface area contributed by atoms with Gasteiger partial charge in [-0.25, -0.2) is 0 Å². The molecular weight excluding hydrogens is 140 g/mol. The first-order valence-electron chi connectivity index (χ1n) is 3.46. The Morgan fingerprint density at radius 2 is 2.09 bits per heavy atom. The van der Waals surface area contributed by atoms with Gasteiger partial charge in [-0.05, 0) is 24.1 Å². The van der Waals surface area contributed by atoms with Crippen LogP contribution in [0.15, 0.2) is 24.5 Å². The van der Waals surface area contributed by atoms with E-state index in [9.17, 15) is 4.79 Å². The first kappa shape index (κ1) is 7.72. The minimum atomic E-state index is -0.262. The molecule has 0 atom stereocenters. The Morgan fingerprint density at radius 3 is 2.64 bits per heavy atom. The van der Waals surface area contributed by atoms with Gasteiger partial charge in [-0.15, -0.1) is 0 Å². The molecule has 11 heavy (non-hydrogen) atoms. The van der Waals surface area contributed by atoms with Gasteiger partial charge in [0, 0.05) is 18.8 Å². The quantitative estimate of drug-likeness (QED) is 0.682. The number of pyridine rings is 1. The fourth-order valence-electron chi connectivity index (χ4n) is 0.817. The normalized spacial score (nSPS) is 9.45. The van der Waals surface area contributed by atoms with E-state index in [1.54, 1.807) is 12.4 Å². The molecule has 0 radical (unpaired) electrons. The van der Waals surface area contributed by atoms with E-state index in [0.717, 1.165) is 5.56 Å². The summed E-state index contributed by atoms with van der Waals surface area (Å²) in [6.07, 6.45) is 4.52. The van der Waals surface area contributed by atoms with E-state index in [1.165, 1.54) is 0 Å². The van der Waals surface area contributed by atoms with Gasteiger partial charge in [0.2, 0.25) is 5.91 Å². The molecule has 0 aliphatic rings. The Morgan fingerprint density at radius 1 is 1.45 bits per heavy atom. The number of hydrogen-bond acceptors (Lipinski definition) is 2. The number of hydrogen-bond donors (Lipinski definition) is 1. The van der Waals surface area contributed by atoms with Gasteiger partial charge in [0.1, 0.15) is 0 Å². The molecule has 1 rings (SSSR count). The first-order valence-corrected chi connectivity index (χ1v) is 3.46. The molecule has 3 nitrogen and oxygen atoms in total. The third-order valence-electron chi connectivity index (χ3n) is 1.41. The molecule has 0 saturated carbocycles. The standard InChI is InChI=1S/C8H10N2O/c9-8(11)2-1-7-3-5-10-6-4-7/h3-6H,1-2H2,(H2,9,11). The summed E-state index contributed by atoms with van der Waals surface area (Å²) in [6, 6.07) is 3.76. The van der Waals surface area contributed by atoms with E-state index in [4.69, 9.17) is 5.73 Å². The number of carbonyl (C=O) groups is 1. The number of amides is 1. The van der Waals surface area contributed by atoms with Crippen molar-refractivity contribution in [2.24, 2.45) is 5.73 Å². The highest BCUT2D eigenvalue weighted by molar-refractivity contribution is 5.73. The summed E-state index contributed by atoms with van der Waals surface area (Å²) in [5, 5.41) is 0. The molecule has 0 aliphatic heterocycles. The lowest BCUT2D eigenvalue weighted by atomic mass is 10.1. The monoisotopic (exact) mass is 150 g/mol. The summed E-state index contributed by atoms with van der Waals surface area (Å²) in [5.74, 6) is -0.262. The molecular formula is C8H10N2O. The average molecular weight is 150 g/mol. The van der Waals surface area contributed by atoms with Gasteiger partial charge in [0.15, 0.2) is 0 Å². The lowest BCUT2D eigenvalue weighted by Gasteiger charge is -1.95. The summed E-state index contributed by atoms with van der Waals surface area (Å²) in [4.78, 5) is 14.2. The van der Waals surface area contributed by atoms with Crippen LogP contribution in [0.5, 0.6) is 0 Å². The highest BCUT2D eigenvalue weighted by Gasteiger charge is 1.95. The van der Waals surface area contributed by atoms with E-state index in [-0.39, 0.29) is 5.91 Å². The van der Waals surface area contributed by atoms with Crippen molar-refractivity contribution in [2.45, 2.75) is 12.8 Å². The fourth-order valence-corrected chi connectivity index (χ4v) is 0.817. The minimum Gasteiger partial charge on any atom is -0.370 e. The van der Waals surface area contributed by atoms with Crippen LogP contribution in [0.4, 0.5) is 0 Å². The second-order valence-electron chi connectivity index (χ2n) is 2.32. The van der Waals surface area contributed by atoms with Gasteiger partial charge < -0.3 is 5.73 Å². The van der Waals surface area contributed by atoms with Crippen molar-refractivity contribution in [3.05, 3.63) is 30.1 Å².